The number of pyridine rings is 1. The first-order valence-corrected chi connectivity index (χ1v) is 8.76. The highest BCUT2D eigenvalue weighted by Crippen LogP contribution is 2.37. The first kappa shape index (κ1) is 14.6. The minimum absolute atomic E-state index is 0.0862. The van der Waals surface area contributed by atoms with Crippen molar-refractivity contribution in [1.29, 1.82) is 0 Å². The van der Waals surface area contributed by atoms with Gasteiger partial charge in [-0.25, -0.2) is 4.98 Å². The lowest BCUT2D eigenvalue weighted by molar-refractivity contribution is 0.269. The molecule has 126 valence electrons. The summed E-state index contributed by atoms with van der Waals surface area (Å²) in [5.41, 5.74) is 6.89. The normalized spacial score (nSPS) is 14.3. The van der Waals surface area contributed by atoms with Crippen LogP contribution in [0, 0.1) is 0 Å². The third-order valence-corrected chi connectivity index (χ3v) is 5.13. The SMILES string of the molecule is OCCn1cc(-c2nc3ccc4[nH]ncc4c3c3c2CCCC3)cn1. The lowest BCUT2D eigenvalue weighted by Gasteiger charge is -2.21. The molecule has 0 aliphatic heterocycles. The number of aliphatic hydroxyl groups excluding tert-OH is 1. The van der Waals surface area contributed by atoms with E-state index in [0.717, 1.165) is 40.5 Å². The van der Waals surface area contributed by atoms with Crippen LogP contribution in [0.2, 0.25) is 0 Å². The second kappa shape index (κ2) is 5.67. The predicted molar refractivity (Wildman–Crippen MR) is 96.3 cm³/mol. The molecule has 6 nitrogen and oxygen atoms in total. The Morgan fingerprint density at radius 1 is 1.12 bits per heavy atom. The van der Waals surface area contributed by atoms with Crippen LogP contribution in [0.1, 0.15) is 24.0 Å². The van der Waals surface area contributed by atoms with Crippen molar-refractivity contribution < 1.29 is 5.11 Å². The molecule has 0 radical (unpaired) electrons. The van der Waals surface area contributed by atoms with Gasteiger partial charge in [-0.3, -0.25) is 9.78 Å². The largest absolute Gasteiger partial charge is 0.394 e. The molecule has 0 bridgehead atoms. The number of H-pyrrole nitrogens is 1. The van der Waals surface area contributed by atoms with Crippen molar-refractivity contribution in [2.45, 2.75) is 32.2 Å². The molecule has 0 unspecified atom stereocenters. The van der Waals surface area contributed by atoms with Gasteiger partial charge in [-0.1, -0.05) is 0 Å². The van der Waals surface area contributed by atoms with Gasteiger partial charge < -0.3 is 5.11 Å². The molecule has 5 rings (SSSR count). The number of aromatic nitrogens is 5. The van der Waals surface area contributed by atoms with Crippen molar-refractivity contribution in [2.75, 3.05) is 6.61 Å². The molecule has 1 aliphatic carbocycles. The molecular formula is C19H19N5O. The molecule has 3 heterocycles. The average molecular weight is 333 g/mol. The van der Waals surface area contributed by atoms with E-state index < -0.39 is 0 Å². The van der Waals surface area contributed by atoms with Gasteiger partial charge >= 0.3 is 0 Å². The molecule has 0 atom stereocenters. The molecule has 1 aromatic carbocycles. The monoisotopic (exact) mass is 333 g/mol. The van der Waals surface area contributed by atoms with Crippen molar-refractivity contribution in [3.63, 3.8) is 0 Å². The van der Waals surface area contributed by atoms with Crippen LogP contribution in [-0.4, -0.2) is 36.7 Å². The quantitative estimate of drug-likeness (QED) is 0.604. The molecule has 0 saturated heterocycles. The number of nitrogens with zero attached hydrogens (tertiary/aromatic N) is 4. The fourth-order valence-corrected chi connectivity index (χ4v) is 4.00. The van der Waals surface area contributed by atoms with Crippen LogP contribution in [0.5, 0.6) is 0 Å². The summed E-state index contributed by atoms with van der Waals surface area (Å²) < 4.78 is 1.77. The third kappa shape index (κ3) is 2.25. The minimum atomic E-state index is 0.0862. The first-order chi connectivity index (χ1) is 12.3. The van der Waals surface area contributed by atoms with Gasteiger partial charge in [-0.15, -0.1) is 0 Å². The van der Waals surface area contributed by atoms with Gasteiger partial charge in [0.05, 0.1) is 42.3 Å². The Kier molecular flexibility index (Phi) is 3.31. The summed E-state index contributed by atoms with van der Waals surface area (Å²) in [5, 5.41) is 23.2. The number of aryl methyl sites for hydroxylation is 1. The minimum Gasteiger partial charge on any atom is -0.394 e. The summed E-state index contributed by atoms with van der Waals surface area (Å²) in [5.74, 6) is 0. The second-order valence-electron chi connectivity index (χ2n) is 6.63. The summed E-state index contributed by atoms with van der Waals surface area (Å²) in [6, 6.07) is 4.12. The molecule has 6 heteroatoms. The Morgan fingerprint density at radius 3 is 2.88 bits per heavy atom. The van der Waals surface area contributed by atoms with Crippen molar-refractivity contribution >= 4 is 21.8 Å². The number of aliphatic hydroxyl groups is 1. The zero-order chi connectivity index (χ0) is 16.8. The van der Waals surface area contributed by atoms with Crippen LogP contribution in [0.4, 0.5) is 0 Å². The molecule has 1 aliphatic rings. The number of nitrogens with one attached hydrogen (secondary N) is 1. The Hall–Kier alpha value is -2.73. The Labute approximate surface area is 144 Å². The van der Waals surface area contributed by atoms with Gasteiger partial charge in [0.2, 0.25) is 0 Å². The van der Waals surface area contributed by atoms with Crippen LogP contribution in [-0.2, 0) is 19.4 Å². The first-order valence-electron chi connectivity index (χ1n) is 8.76. The molecular weight excluding hydrogens is 314 g/mol. The van der Waals surface area contributed by atoms with Crippen LogP contribution in [0.25, 0.3) is 33.1 Å². The van der Waals surface area contributed by atoms with E-state index in [1.807, 2.05) is 24.7 Å². The summed E-state index contributed by atoms with van der Waals surface area (Å²) in [4.78, 5) is 5.00. The number of hydrogen-bond donors (Lipinski definition) is 2. The van der Waals surface area contributed by atoms with Crippen molar-refractivity contribution in [1.82, 2.24) is 25.0 Å². The van der Waals surface area contributed by atoms with E-state index in [9.17, 15) is 0 Å². The molecule has 0 fully saturated rings. The van der Waals surface area contributed by atoms with E-state index in [1.54, 1.807) is 4.68 Å². The summed E-state index contributed by atoms with van der Waals surface area (Å²) in [6.45, 7) is 0.592. The average Bonchev–Trinajstić information content (AvgIpc) is 3.30. The zero-order valence-electron chi connectivity index (χ0n) is 13.9. The smallest absolute Gasteiger partial charge is 0.0775 e. The zero-order valence-corrected chi connectivity index (χ0v) is 13.9. The lowest BCUT2D eigenvalue weighted by Crippen LogP contribution is -2.07. The number of rotatable bonds is 3. The van der Waals surface area contributed by atoms with Crippen molar-refractivity contribution in [3.8, 4) is 11.3 Å². The molecule has 4 aromatic rings. The highest BCUT2D eigenvalue weighted by Gasteiger charge is 2.21. The number of hydrogen-bond acceptors (Lipinski definition) is 4. The van der Waals surface area contributed by atoms with Crippen LogP contribution in [0.15, 0.2) is 30.7 Å². The molecule has 2 N–H and O–H groups in total. The Morgan fingerprint density at radius 2 is 2.00 bits per heavy atom. The molecule has 0 saturated carbocycles. The van der Waals surface area contributed by atoms with Gasteiger partial charge in [0.25, 0.3) is 0 Å². The van der Waals surface area contributed by atoms with E-state index in [2.05, 4.69) is 21.4 Å². The topological polar surface area (TPSA) is 79.6 Å². The van der Waals surface area contributed by atoms with Crippen LogP contribution < -0.4 is 0 Å². The highest BCUT2D eigenvalue weighted by atomic mass is 16.3. The summed E-state index contributed by atoms with van der Waals surface area (Å²) >= 11 is 0. The van der Waals surface area contributed by atoms with E-state index >= 15 is 0 Å². The van der Waals surface area contributed by atoms with Crippen LogP contribution >= 0.6 is 0 Å². The number of benzene rings is 1. The maximum atomic E-state index is 9.13. The fraction of sp³-hybridized carbons (Fsp3) is 0.316. The molecule has 0 amide bonds. The summed E-state index contributed by atoms with van der Waals surface area (Å²) in [6.07, 6.45) is 10.3. The Balaban J connectivity index is 1.80. The standard InChI is InChI=1S/C19H19N5O/c25-8-7-24-11-12(9-21-24)19-14-4-2-1-3-13(14)18-15-10-20-23-16(15)5-6-17(18)22-19/h5-6,9-11,25H,1-4,7-8H2,(H,20,23). The number of fused-ring (bicyclic) bond motifs is 5. The highest BCUT2D eigenvalue weighted by molar-refractivity contribution is 6.07. The van der Waals surface area contributed by atoms with E-state index in [1.165, 1.54) is 29.4 Å². The number of aromatic amines is 1. The van der Waals surface area contributed by atoms with E-state index in [4.69, 9.17) is 10.1 Å². The van der Waals surface area contributed by atoms with Gasteiger partial charge in [-0.2, -0.15) is 10.2 Å². The van der Waals surface area contributed by atoms with Gasteiger partial charge in [-0.05, 0) is 48.9 Å². The van der Waals surface area contributed by atoms with Crippen molar-refractivity contribution in [2.24, 2.45) is 0 Å². The van der Waals surface area contributed by atoms with E-state index in [-0.39, 0.29) is 6.61 Å². The maximum absolute atomic E-state index is 9.13. The Bertz CT molecular complexity index is 1080. The fourth-order valence-electron chi connectivity index (χ4n) is 4.00. The van der Waals surface area contributed by atoms with Gasteiger partial charge in [0, 0.05) is 22.5 Å². The van der Waals surface area contributed by atoms with Crippen molar-refractivity contribution in [3.05, 3.63) is 41.9 Å². The third-order valence-electron chi connectivity index (χ3n) is 5.13. The lowest BCUT2D eigenvalue weighted by atomic mass is 9.86. The predicted octanol–water partition coefficient (Wildman–Crippen LogP) is 2.85. The van der Waals surface area contributed by atoms with Crippen LogP contribution in [0.3, 0.4) is 0 Å². The molecule has 3 aromatic heterocycles. The summed E-state index contributed by atoms with van der Waals surface area (Å²) in [7, 11) is 0. The van der Waals surface area contributed by atoms with Gasteiger partial charge in [0.1, 0.15) is 0 Å². The van der Waals surface area contributed by atoms with E-state index in [0.29, 0.717) is 6.54 Å². The second-order valence-corrected chi connectivity index (χ2v) is 6.63. The van der Waals surface area contributed by atoms with Gasteiger partial charge in [0.15, 0.2) is 0 Å². The maximum Gasteiger partial charge on any atom is 0.0775 e. The molecule has 25 heavy (non-hydrogen) atoms. The molecule has 0 spiro atoms.